The van der Waals surface area contributed by atoms with Gasteiger partial charge in [0.05, 0.1) is 6.42 Å². The Bertz CT molecular complexity index is 428. The maximum absolute atomic E-state index is 12.3. The first-order valence-electron chi connectivity index (χ1n) is 5.83. The van der Waals surface area contributed by atoms with E-state index in [1.54, 1.807) is 0 Å². The van der Waals surface area contributed by atoms with Gasteiger partial charge >= 0.3 is 12.4 Å². The highest BCUT2D eigenvalue weighted by Crippen LogP contribution is 2.43. The molecule has 1 aliphatic carbocycles. The normalized spacial score (nSPS) is 18.4. The summed E-state index contributed by atoms with van der Waals surface area (Å²) in [7, 11) is 0. The molecule has 0 atom stereocenters. The van der Waals surface area contributed by atoms with Crippen molar-refractivity contribution in [1.82, 2.24) is 10.2 Å². The molecule has 1 heterocycles. The smallest absolute Gasteiger partial charge is 0.314 e. The van der Waals surface area contributed by atoms with Crippen molar-refractivity contribution in [2.24, 2.45) is 5.41 Å². The molecule has 18 heavy (non-hydrogen) atoms. The number of alkyl halides is 2. The molecular weight excluding hydrogens is 246 g/mol. The van der Waals surface area contributed by atoms with Crippen molar-refractivity contribution < 1.29 is 23.1 Å². The summed E-state index contributed by atoms with van der Waals surface area (Å²) in [5.74, 6) is -1.48. The standard InChI is InChI=1S/C11H14F2N2O3/c12-9(13)10-15-14-7(18-10)5-11(6-8(16)17)3-1-2-4-11/h9H,1-6H2,(H,16,17). The molecule has 0 spiro atoms. The molecule has 0 aromatic carbocycles. The lowest BCUT2D eigenvalue weighted by Crippen LogP contribution is -2.24. The Kier molecular flexibility index (Phi) is 3.58. The fourth-order valence-corrected chi connectivity index (χ4v) is 2.61. The van der Waals surface area contributed by atoms with Crippen LogP contribution in [0, 0.1) is 5.41 Å². The Morgan fingerprint density at radius 1 is 1.39 bits per heavy atom. The van der Waals surface area contributed by atoms with Crippen LogP contribution < -0.4 is 0 Å². The van der Waals surface area contributed by atoms with E-state index >= 15 is 0 Å². The first kappa shape index (κ1) is 12.9. The van der Waals surface area contributed by atoms with E-state index in [4.69, 9.17) is 9.52 Å². The van der Waals surface area contributed by atoms with E-state index in [2.05, 4.69) is 10.2 Å². The third-order valence-electron chi connectivity index (χ3n) is 3.39. The SMILES string of the molecule is O=C(O)CC1(Cc2nnc(C(F)F)o2)CCCC1. The molecule has 1 N–H and O–H groups in total. The van der Waals surface area contributed by atoms with Crippen LogP contribution in [0.5, 0.6) is 0 Å². The summed E-state index contributed by atoms with van der Waals surface area (Å²) < 4.78 is 29.5. The summed E-state index contributed by atoms with van der Waals surface area (Å²) in [6.45, 7) is 0. The van der Waals surface area contributed by atoms with E-state index in [1.807, 2.05) is 0 Å². The van der Waals surface area contributed by atoms with Crippen LogP contribution in [0.3, 0.4) is 0 Å². The quantitative estimate of drug-likeness (QED) is 0.880. The summed E-state index contributed by atoms with van der Waals surface area (Å²) >= 11 is 0. The lowest BCUT2D eigenvalue weighted by atomic mass is 9.79. The Morgan fingerprint density at radius 3 is 2.56 bits per heavy atom. The third kappa shape index (κ3) is 2.83. The largest absolute Gasteiger partial charge is 0.481 e. The van der Waals surface area contributed by atoms with Gasteiger partial charge in [-0.1, -0.05) is 12.8 Å². The molecule has 0 amide bonds. The molecule has 1 saturated carbocycles. The van der Waals surface area contributed by atoms with E-state index in [-0.39, 0.29) is 18.7 Å². The highest BCUT2D eigenvalue weighted by molar-refractivity contribution is 5.67. The van der Waals surface area contributed by atoms with Gasteiger partial charge in [0, 0.05) is 6.42 Å². The van der Waals surface area contributed by atoms with E-state index in [0.717, 1.165) is 25.7 Å². The van der Waals surface area contributed by atoms with Crippen molar-refractivity contribution in [3.05, 3.63) is 11.8 Å². The molecule has 1 aliphatic rings. The monoisotopic (exact) mass is 260 g/mol. The van der Waals surface area contributed by atoms with Crippen molar-refractivity contribution in [2.75, 3.05) is 0 Å². The zero-order chi connectivity index (χ0) is 13.2. The number of carboxylic acids is 1. The van der Waals surface area contributed by atoms with Crippen LogP contribution in [0.15, 0.2) is 4.42 Å². The molecule has 7 heteroatoms. The second-order valence-corrected chi connectivity index (χ2v) is 4.79. The minimum atomic E-state index is -2.79. The number of carbonyl (C=O) groups is 1. The van der Waals surface area contributed by atoms with Crippen molar-refractivity contribution >= 4 is 5.97 Å². The molecule has 0 unspecified atom stereocenters. The van der Waals surface area contributed by atoms with Crippen LogP contribution in [-0.2, 0) is 11.2 Å². The second kappa shape index (κ2) is 4.99. The molecule has 2 rings (SSSR count). The molecule has 5 nitrogen and oxygen atoms in total. The number of hydrogen-bond donors (Lipinski definition) is 1. The van der Waals surface area contributed by atoms with Gasteiger partial charge < -0.3 is 9.52 Å². The minimum Gasteiger partial charge on any atom is -0.481 e. The van der Waals surface area contributed by atoms with Gasteiger partial charge in [0.15, 0.2) is 0 Å². The van der Waals surface area contributed by atoms with Gasteiger partial charge in [0.2, 0.25) is 5.89 Å². The number of carboxylic acid groups (broad SMARTS) is 1. The average Bonchev–Trinajstić information content (AvgIpc) is 2.87. The zero-order valence-electron chi connectivity index (χ0n) is 9.73. The molecule has 1 aromatic heterocycles. The van der Waals surface area contributed by atoms with Gasteiger partial charge in [-0.25, -0.2) is 0 Å². The predicted molar refractivity (Wildman–Crippen MR) is 56.1 cm³/mol. The maximum Gasteiger partial charge on any atom is 0.314 e. The number of hydrogen-bond acceptors (Lipinski definition) is 4. The van der Waals surface area contributed by atoms with Crippen molar-refractivity contribution in [3.63, 3.8) is 0 Å². The molecule has 0 aliphatic heterocycles. The van der Waals surface area contributed by atoms with E-state index < -0.39 is 23.7 Å². The van der Waals surface area contributed by atoms with Crippen LogP contribution in [0.4, 0.5) is 8.78 Å². The fourth-order valence-electron chi connectivity index (χ4n) is 2.61. The van der Waals surface area contributed by atoms with E-state index in [1.165, 1.54) is 0 Å². The maximum atomic E-state index is 12.3. The van der Waals surface area contributed by atoms with Gasteiger partial charge in [0.25, 0.3) is 5.89 Å². The second-order valence-electron chi connectivity index (χ2n) is 4.79. The third-order valence-corrected chi connectivity index (χ3v) is 3.39. The van der Waals surface area contributed by atoms with Gasteiger partial charge in [-0.05, 0) is 18.3 Å². The molecule has 0 saturated heterocycles. The van der Waals surface area contributed by atoms with Gasteiger partial charge in [-0.15, -0.1) is 10.2 Å². The van der Waals surface area contributed by atoms with Gasteiger partial charge in [-0.3, -0.25) is 4.79 Å². The number of aromatic nitrogens is 2. The first-order chi connectivity index (χ1) is 8.51. The van der Waals surface area contributed by atoms with Crippen molar-refractivity contribution in [3.8, 4) is 0 Å². The van der Waals surface area contributed by atoms with Crippen LogP contribution in [0.1, 0.15) is 50.3 Å². The number of aliphatic carboxylic acids is 1. The Balaban J connectivity index is 2.10. The highest BCUT2D eigenvalue weighted by Gasteiger charge is 2.38. The van der Waals surface area contributed by atoms with Crippen LogP contribution in [0.2, 0.25) is 0 Å². The lowest BCUT2D eigenvalue weighted by molar-refractivity contribution is -0.139. The van der Waals surface area contributed by atoms with Gasteiger partial charge in [0.1, 0.15) is 0 Å². The summed E-state index contributed by atoms with van der Waals surface area (Å²) in [6, 6.07) is 0. The van der Waals surface area contributed by atoms with Crippen LogP contribution in [0.25, 0.3) is 0 Å². The predicted octanol–water partition coefficient (Wildman–Crippen LogP) is 2.58. The van der Waals surface area contributed by atoms with Crippen molar-refractivity contribution in [1.29, 1.82) is 0 Å². The molecule has 1 aromatic rings. The number of nitrogens with zero attached hydrogens (tertiary/aromatic N) is 2. The van der Waals surface area contributed by atoms with Crippen LogP contribution in [-0.4, -0.2) is 21.3 Å². The Hall–Kier alpha value is -1.53. The molecule has 0 bridgehead atoms. The van der Waals surface area contributed by atoms with Crippen LogP contribution >= 0.6 is 0 Å². The van der Waals surface area contributed by atoms with E-state index in [9.17, 15) is 13.6 Å². The molecule has 1 fully saturated rings. The summed E-state index contributed by atoms with van der Waals surface area (Å²) in [6.07, 6.45) is 0.896. The van der Waals surface area contributed by atoms with Gasteiger partial charge in [-0.2, -0.15) is 8.78 Å². The summed E-state index contributed by atoms with van der Waals surface area (Å²) in [4.78, 5) is 10.9. The highest BCUT2D eigenvalue weighted by atomic mass is 19.3. The van der Waals surface area contributed by atoms with E-state index in [0.29, 0.717) is 0 Å². The fraction of sp³-hybridized carbons (Fsp3) is 0.727. The molecule has 100 valence electrons. The van der Waals surface area contributed by atoms with Crippen molar-refractivity contribution in [2.45, 2.75) is 45.0 Å². The average molecular weight is 260 g/mol. The number of rotatable bonds is 5. The summed E-state index contributed by atoms with van der Waals surface area (Å²) in [5, 5.41) is 15.7. The molecular formula is C11H14F2N2O3. The lowest BCUT2D eigenvalue weighted by Gasteiger charge is -2.24. The summed E-state index contributed by atoms with van der Waals surface area (Å²) in [5.41, 5.74) is -0.419. The first-order valence-corrected chi connectivity index (χ1v) is 5.83. The zero-order valence-corrected chi connectivity index (χ0v) is 9.73. The topological polar surface area (TPSA) is 76.2 Å². The Labute approximate surface area is 102 Å². The minimum absolute atomic E-state index is 0.0133. The number of halogens is 2. The molecule has 0 radical (unpaired) electrons. The Morgan fingerprint density at radius 2 is 2.06 bits per heavy atom.